The molecule has 0 saturated carbocycles. The molecular weight excluding hydrogens is 373 g/mol. The van der Waals surface area contributed by atoms with E-state index in [-0.39, 0.29) is 24.0 Å². The van der Waals surface area contributed by atoms with Crippen LogP contribution in [0.5, 0.6) is 5.75 Å². The second-order valence-corrected chi connectivity index (χ2v) is 6.53. The first-order chi connectivity index (χ1) is 8.53. The lowest BCUT2D eigenvalue weighted by molar-refractivity contribution is -0.890. The standard InChI is InChI=1S/C13H17N3OS.HI/c1-16(2)7-5-15(6-8-16)13-14-11-4-3-10(17)9-12(11)18-13;/h3-4,9H,5-8H2,1-2H3;1H. The summed E-state index contributed by atoms with van der Waals surface area (Å²) >= 11 is 1.67. The molecule has 1 N–H and O–H groups in total. The molecule has 6 heteroatoms. The molecule has 3 rings (SSSR count). The Labute approximate surface area is 134 Å². The van der Waals surface area contributed by atoms with Gasteiger partial charge in [0, 0.05) is 0 Å². The summed E-state index contributed by atoms with van der Waals surface area (Å²) in [5, 5.41) is 10.6. The number of nitrogens with zero attached hydrogens (tertiary/aromatic N) is 3. The minimum absolute atomic E-state index is 0. The molecule has 1 aromatic heterocycles. The lowest BCUT2D eigenvalue weighted by Crippen LogP contribution is -3.00. The Bertz CT molecular complexity index is 574. The van der Waals surface area contributed by atoms with Crippen molar-refractivity contribution in [2.45, 2.75) is 0 Å². The number of piperazine rings is 1. The van der Waals surface area contributed by atoms with Crippen molar-refractivity contribution in [3.05, 3.63) is 18.2 Å². The first kappa shape index (κ1) is 14.8. The van der Waals surface area contributed by atoms with Crippen LogP contribution in [0.3, 0.4) is 0 Å². The van der Waals surface area contributed by atoms with Gasteiger partial charge in [-0.15, -0.1) is 0 Å². The summed E-state index contributed by atoms with van der Waals surface area (Å²) in [6.45, 7) is 4.42. The minimum Gasteiger partial charge on any atom is -1.00 e. The highest BCUT2D eigenvalue weighted by atomic mass is 127. The molecule has 0 spiro atoms. The highest BCUT2D eigenvalue weighted by Gasteiger charge is 2.25. The fraction of sp³-hybridized carbons (Fsp3) is 0.462. The summed E-state index contributed by atoms with van der Waals surface area (Å²) in [4.78, 5) is 7.00. The van der Waals surface area contributed by atoms with Crippen LogP contribution >= 0.6 is 11.3 Å². The van der Waals surface area contributed by atoms with Gasteiger partial charge in [-0.25, -0.2) is 4.98 Å². The van der Waals surface area contributed by atoms with Crippen molar-refractivity contribution < 1.29 is 33.6 Å². The van der Waals surface area contributed by atoms with Gasteiger partial charge in [-0.05, 0) is 18.2 Å². The number of rotatable bonds is 1. The van der Waals surface area contributed by atoms with Gasteiger partial charge in [0.1, 0.15) is 5.75 Å². The van der Waals surface area contributed by atoms with Crippen molar-refractivity contribution in [3.8, 4) is 5.75 Å². The van der Waals surface area contributed by atoms with E-state index in [1.807, 2.05) is 6.07 Å². The third-order valence-corrected chi connectivity index (χ3v) is 4.66. The molecule has 1 saturated heterocycles. The number of phenolic OH excluding ortho intramolecular Hbond substituents is 1. The number of benzene rings is 1. The van der Waals surface area contributed by atoms with Crippen LogP contribution < -0.4 is 28.9 Å². The lowest BCUT2D eigenvalue weighted by Gasteiger charge is -2.38. The Morgan fingerprint density at radius 1 is 1.26 bits per heavy atom. The van der Waals surface area contributed by atoms with Crippen LogP contribution in [-0.4, -0.2) is 54.8 Å². The van der Waals surface area contributed by atoms with E-state index in [2.05, 4.69) is 24.0 Å². The second-order valence-electron chi connectivity index (χ2n) is 5.52. The number of halogens is 1. The first-order valence-electron chi connectivity index (χ1n) is 6.20. The van der Waals surface area contributed by atoms with E-state index >= 15 is 0 Å². The number of phenols is 1. The number of hydrogen-bond acceptors (Lipinski definition) is 4. The third kappa shape index (κ3) is 3.11. The molecule has 19 heavy (non-hydrogen) atoms. The van der Waals surface area contributed by atoms with Crippen molar-refractivity contribution in [1.82, 2.24) is 4.98 Å². The predicted octanol–water partition coefficient (Wildman–Crippen LogP) is -1.10. The third-order valence-electron chi connectivity index (χ3n) is 3.58. The molecule has 0 atom stereocenters. The Balaban J connectivity index is 0.00000133. The predicted molar refractivity (Wildman–Crippen MR) is 75.3 cm³/mol. The highest BCUT2D eigenvalue weighted by molar-refractivity contribution is 7.22. The zero-order chi connectivity index (χ0) is 12.8. The number of aromatic hydroxyl groups is 1. The SMILES string of the molecule is C[N+]1(C)CCN(c2nc3ccc(O)cc3s2)CC1.[I-]. The normalized spacial score (nSPS) is 18.3. The van der Waals surface area contributed by atoms with Gasteiger partial charge in [0.05, 0.1) is 50.5 Å². The minimum atomic E-state index is 0. The van der Waals surface area contributed by atoms with Crippen LogP contribution in [0.2, 0.25) is 0 Å². The maximum atomic E-state index is 9.48. The average molecular weight is 391 g/mol. The van der Waals surface area contributed by atoms with Gasteiger partial charge in [0.2, 0.25) is 0 Å². The molecule has 1 fully saturated rings. The smallest absolute Gasteiger partial charge is 0.186 e. The van der Waals surface area contributed by atoms with Gasteiger partial charge in [0.15, 0.2) is 5.13 Å². The van der Waals surface area contributed by atoms with Crippen molar-refractivity contribution in [2.24, 2.45) is 0 Å². The first-order valence-corrected chi connectivity index (χ1v) is 7.02. The van der Waals surface area contributed by atoms with Crippen LogP contribution in [0.25, 0.3) is 10.2 Å². The summed E-state index contributed by atoms with van der Waals surface area (Å²) in [7, 11) is 4.54. The number of fused-ring (bicyclic) bond motifs is 1. The van der Waals surface area contributed by atoms with E-state index in [1.165, 1.54) is 0 Å². The number of quaternary nitrogens is 1. The monoisotopic (exact) mass is 391 g/mol. The number of anilines is 1. The molecule has 1 aromatic carbocycles. The average Bonchev–Trinajstić information content (AvgIpc) is 2.71. The molecular formula is C13H18IN3OS. The summed E-state index contributed by atoms with van der Waals surface area (Å²) in [6, 6.07) is 5.37. The number of thiazole rings is 1. The number of aromatic nitrogens is 1. The molecule has 0 unspecified atom stereocenters. The lowest BCUT2D eigenvalue weighted by atomic mass is 10.3. The molecule has 1 aliphatic heterocycles. The van der Waals surface area contributed by atoms with Crippen molar-refractivity contribution in [1.29, 1.82) is 0 Å². The number of likely N-dealkylation sites (N-methyl/N-ethyl adjacent to an activating group) is 1. The molecule has 104 valence electrons. The van der Waals surface area contributed by atoms with Gasteiger partial charge >= 0.3 is 0 Å². The molecule has 4 nitrogen and oxygen atoms in total. The topological polar surface area (TPSA) is 36.4 Å². The Morgan fingerprint density at radius 3 is 2.63 bits per heavy atom. The summed E-state index contributed by atoms with van der Waals surface area (Å²) in [5.74, 6) is 0.314. The molecule has 2 heterocycles. The van der Waals surface area contributed by atoms with Gasteiger partial charge in [0.25, 0.3) is 0 Å². The van der Waals surface area contributed by atoms with Crippen LogP contribution in [0.4, 0.5) is 5.13 Å². The molecule has 2 aromatic rings. The molecule has 0 bridgehead atoms. The molecule has 0 radical (unpaired) electrons. The van der Waals surface area contributed by atoms with E-state index in [0.29, 0.717) is 5.75 Å². The van der Waals surface area contributed by atoms with Gasteiger partial charge in [-0.2, -0.15) is 0 Å². The zero-order valence-corrected chi connectivity index (χ0v) is 14.1. The van der Waals surface area contributed by atoms with Gasteiger partial charge in [-0.3, -0.25) is 0 Å². The highest BCUT2D eigenvalue weighted by Crippen LogP contribution is 2.31. The van der Waals surface area contributed by atoms with E-state index in [9.17, 15) is 5.11 Å². The quantitative estimate of drug-likeness (QED) is 0.496. The Morgan fingerprint density at radius 2 is 1.95 bits per heavy atom. The zero-order valence-electron chi connectivity index (χ0n) is 11.1. The Hall–Kier alpha value is -0.600. The van der Waals surface area contributed by atoms with Crippen molar-refractivity contribution in [3.63, 3.8) is 0 Å². The summed E-state index contributed by atoms with van der Waals surface area (Å²) in [5.41, 5.74) is 0.979. The van der Waals surface area contributed by atoms with Crippen LogP contribution in [0, 0.1) is 0 Å². The van der Waals surface area contributed by atoms with Crippen molar-refractivity contribution in [2.75, 3.05) is 45.2 Å². The van der Waals surface area contributed by atoms with E-state index in [1.54, 1.807) is 23.5 Å². The van der Waals surface area contributed by atoms with E-state index < -0.39 is 0 Å². The van der Waals surface area contributed by atoms with E-state index in [4.69, 9.17) is 0 Å². The fourth-order valence-electron chi connectivity index (χ4n) is 2.23. The van der Waals surface area contributed by atoms with Crippen LogP contribution in [0.1, 0.15) is 0 Å². The fourth-order valence-corrected chi connectivity index (χ4v) is 3.28. The summed E-state index contributed by atoms with van der Waals surface area (Å²) in [6.07, 6.45) is 0. The molecule has 0 aliphatic carbocycles. The molecule has 1 aliphatic rings. The van der Waals surface area contributed by atoms with Crippen LogP contribution in [-0.2, 0) is 0 Å². The van der Waals surface area contributed by atoms with E-state index in [0.717, 1.165) is 46.0 Å². The van der Waals surface area contributed by atoms with Crippen molar-refractivity contribution >= 4 is 26.7 Å². The van der Waals surface area contributed by atoms with Gasteiger partial charge in [-0.1, -0.05) is 11.3 Å². The Kier molecular flexibility index (Phi) is 4.22. The number of hydrogen-bond donors (Lipinski definition) is 1. The van der Waals surface area contributed by atoms with Gasteiger partial charge < -0.3 is 38.5 Å². The summed E-state index contributed by atoms with van der Waals surface area (Å²) < 4.78 is 2.15. The maximum Gasteiger partial charge on any atom is 0.186 e. The maximum absolute atomic E-state index is 9.48. The largest absolute Gasteiger partial charge is 1.00 e. The second kappa shape index (κ2) is 5.41. The van der Waals surface area contributed by atoms with Crippen LogP contribution in [0.15, 0.2) is 18.2 Å². The molecule has 0 amide bonds.